The van der Waals surface area contributed by atoms with Crippen LogP contribution in [0.1, 0.15) is 16.7 Å². The Labute approximate surface area is 119 Å². The van der Waals surface area contributed by atoms with Gasteiger partial charge in [-0.2, -0.15) is 0 Å². The molecule has 0 spiro atoms. The van der Waals surface area contributed by atoms with Crippen LogP contribution in [0.3, 0.4) is 0 Å². The number of aliphatic hydroxyl groups is 1. The molecule has 0 aliphatic rings. The lowest BCUT2D eigenvalue weighted by Crippen LogP contribution is -2.14. The van der Waals surface area contributed by atoms with Gasteiger partial charge in [0.1, 0.15) is 0 Å². The highest BCUT2D eigenvalue weighted by atomic mass is 32.2. The fourth-order valence-electron chi connectivity index (χ4n) is 2.04. The van der Waals surface area contributed by atoms with Crippen molar-refractivity contribution in [2.24, 2.45) is 0 Å². The van der Waals surface area contributed by atoms with Gasteiger partial charge in [0.05, 0.1) is 11.5 Å². The molecule has 106 valence electrons. The van der Waals surface area contributed by atoms with E-state index in [4.69, 9.17) is 5.11 Å². The predicted octanol–water partition coefficient (Wildman–Crippen LogP) is 2.60. The van der Waals surface area contributed by atoms with Crippen molar-refractivity contribution in [3.05, 3.63) is 59.2 Å². The smallest absolute Gasteiger partial charge is 0.262 e. The number of benzene rings is 2. The van der Waals surface area contributed by atoms with Gasteiger partial charge in [0, 0.05) is 5.69 Å². The monoisotopic (exact) mass is 291 g/mol. The van der Waals surface area contributed by atoms with E-state index in [1.807, 2.05) is 13.0 Å². The second kappa shape index (κ2) is 5.64. The minimum atomic E-state index is -3.62. The number of aliphatic hydroxyl groups excluding tert-OH is 1. The standard InChI is InChI=1S/C15H17NO3S/c1-11-6-7-15(12(2)8-11)20(18,19)16-14-5-3-4-13(9-14)10-17/h3-9,16-17H,10H2,1-2H3. The van der Waals surface area contributed by atoms with Gasteiger partial charge in [-0.25, -0.2) is 8.42 Å². The van der Waals surface area contributed by atoms with E-state index >= 15 is 0 Å². The quantitative estimate of drug-likeness (QED) is 0.910. The van der Waals surface area contributed by atoms with Crippen LogP contribution < -0.4 is 4.72 Å². The Hall–Kier alpha value is -1.85. The van der Waals surface area contributed by atoms with Gasteiger partial charge < -0.3 is 5.11 Å². The molecule has 0 amide bonds. The van der Waals surface area contributed by atoms with Crippen molar-refractivity contribution in [3.63, 3.8) is 0 Å². The van der Waals surface area contributed by atoms with Crippen LogP contribution in [0.2, 0.25) is 0 Å². The lowest BCUT2D eigenvalue weighted by atomic mass is 10.2. The Morgan fingerprint density at radius 2 is 1.85 bits per heavy atom. The SMILES string of the molecule is Cc1ccc(S(=O)(=O)Nc2cccc(CO)c2)c(C)c1. The highest BCUT2D eigenvalue weighted by molar-refractivity contribution is 7.92. The van der Waals surface area contributed by atoms with E-state index in [0.717, 1.165) is 5.56 Å². The fraction of sp³-hybridized carbons (Fsp3) is 0.200. The first-order valence-corrected chi connectivity index (χ1v) is 7.70. The molecule has 0 atom stereocenters. The molecule has 0 saturated carbocycles. The summed E-state index contributed by atoms with van der Waals surface area (Å²) in [4.78, 5) is 0.262. The average molecular weight is 291 g/mol. The van der Waals surface area contributed by atoms with Gasteiger partial charge >= 0.3 is 0 Å². The zero-order chi connectivity index (χ0) is 14.8. The highest BCUT2D eigenvalue weighted by Crippen LogP contribution is 2.21. The van der Waals surface area contributed by atoms with E-state index in [2.05, 4.69) is 4.72 Å². The van der Waals surface area contributed by atoms with Gasteiger partial charge in [-0.05, 0) is 43.2 Å². The topological polar surface area (TPSA) is 66.4 Å². The van der Waals surface area contributed by atoms with Crippen LogP contribution in [0.5, 0.6) is 0 Å². The number of hydrogen-bond donors (Lipinski definition) is 2. The maximum atomic E-state index is 12.4. The molecule has 5 heteroatoms. The van der Waals surface area contributed by atoms with E-state index in [-0.39, 0.29) is 11.5 Å². The molecule has 0 heterocycles. The predicted molar refractivity (Wildman–Crippen MR) is 79.1 cm³/mol. The summed E-state index contributed by atoms with van der Waals surface area (Å²) >= 11 is 0. The zero-order valence-corrected chi connectivity index (χ0v) is 12.2. The Morgan fingerprint density at radius 1 is 1.10 bits per heavy atom. The Bertz CT molecular complexity index is 724. The Balaban J connectivity index is 2.35. The number of nitrogens with one attached hydrogen (secondary N) is 1. The number of hydrogen-bond acceptors (Lipinski definition) is 3. The van der Waals surface area contributed by atoms with Crippen LogP contribution in [0.15, 0.2) is 47.4 Å². The maximum absolute atomic E-state index is 12.4. The molecule has 0 bridgehead atoms. The van der Waals surface area contributed by atoms with E-state index < -0.39 is 10.0 Å². The largest absolute Gasteiger partial charge is 0.392 e. The molecule has 2 N–H and O–H groups in total. The lowest BCUT2D eigenvalue weighted by Gasteiger charge is -2.11. The normalized spacial score (nSPS) is 11.3. The first kappa shape index (κ1) is 14.6. The summed E-state index contributed by atoms with van der Waals surface area (Å²) in [7, 11) is -3.62. The van der Waals surface area contributed by atoms with E-state index in [1.165, 1.54) is 0 Å². The second-order valence-electron chi connectivity index (χ2n) is 4.73. The van der Waals surface area contributed by atoms with Crippen LogP contribution in [-0.2, 0) is 16.6 Å². The van der Waals surface area contributed by atoms with E-state index in [1.54, 1.807) is 43.3 Å². The van der Waals surface area contributed by atoms with Crippen LogP contribution in [0.4, 0.5) is 5.69 Å². The summed E-state index contributed by atoms with van der Waals surface area (Å²) in [5.41, 5.74) is 2.82. The third-order valence-electron chi connectivity index (χ3n) is 2.98. The van der Waals surface area contributed by atoms with Gasteiger partial charge in [-0.1, -0.05) is 29.8 Å². The molecule has 0 fully saturated rings. The third-order valence-corrected chi connectivity index (χ3v) is 4.52. The van der Waals surface area contributed by atoms with Crippen molar-refractivity contribution in [2.45, 2.75) is 25.3 Å². The lowest BCUT2D eigenvalue weighted by molar-refractivity contribution is 0.282. The van der Waals surface area contributed by atoms with Gasteiger partial charge in [0.15, 0.2) is 0 Å². The molecular formula is C15H17NO3S. The van der Waals surface area contributed by atoms with Crippen molar-refractivity contribution in [1.82, 2.24) is 0 Å². The molecule has 0 aliphatic heterocycles. The van der Waals surface area contributed by atoms with Crippen LogP contribution in [-0.4, -0.2) is 13.5 Å². The first-order valence-electron chi connectivity index (χ1n) is 6.22. The number of rotatable bonds is 4. The maximum Gasteiger partial charge on any atom is 0.262 e. The van der Waals surface area contributed by atoms with Crippen LogP contribution >= 0.6 is 0 Å². The van der Waals surface area contributed by atoms with Crippen molar-refractivity contribution < 1.29 is 13.5 Å². The Morgan fingerprint density at radius 3 is 2.50 bits per heavy atom. The fourth-order valence-corrected chi connectivity index (χ4v) is 3.32. The van der Waals surface area contributed by atoms with Crippen LogP contribution in [0.25, 0.3) is 0 Å². The second-order valence-corrected chi connectivity index (χ2v) is 6.38. The molecule has 2 aromatic rings. The van der Waals surface area contributed by atoms with Gasteiger partial charge in [0.2, 0.25) is 0 Å². The van der Waals surface area contributed by atoms with Crippen molar-refractivity contribution >= 4 is 15.7 Å². The van der Waals surface area contributed by atoms with Crippen molar-refractivity contribution in [3.8, 4) is 0 Å². The minimum Gasteiger partial charge on any atom is -0.392 e. The molecule has 0 aromatic heterocycles. The molecule has 2 aromatic carbocycles. The van der Waals surface area contributed by atoms with E-state index in [9.17, 15) is 8.42 Å². The van der Waals surface area contributed by atoms with Gasteiger partial charge in [-0.3, -0.25) is 4.72 Å². The summed E-state index contributed by atoms with van der Waals surface area (Å²) in [5, 5.41) is 9.07. The van der Waals surface area contributed by atoms with Crippen molar-refractivity contribution in [2.75, 3.05) is 4.72 Å². The summed E-state index contributed by atoms with van der Waals surface area (Å²) in [5.74, 6) is 0. The number of anilines is 1. The molecule has 0 unspecified atom stereocenters. The molecule has 2 rings (SSSR count). The molecular weight excluding hydrogens is 274 g/mol. The van der Waals surface area contributed by atoms with Gasteiger partial charge in [0.25, 0.3) is 10.0 Å². The third kappa shape index (κ3) is 3.18. The molecule has 0 aliphatic carbocycles. The summed E-state index contributed by atoms with van der Waals surface area (Å²) in [6, 6.07) is 11.9. The Kier molecular flexibility index (Phi) is 4.11. The van der Waals surface area contributed by atoms with Gasteiger partial charge in [-0.15, -0.1) is 0 Å². The molecule has 4 nitrogen and oxygen atoms in total. The first-order chi connectivity index (χ1) is 9.42. The van der Waals surface area contributed by atoms with E-state index in [0.29, 0.717) is 16.8 Å². The highest BCUT2D eigenvalue weighted by Gasteiger charge is 2.16. The number of sulfonamides is 1. The van der Waals surface area contributed by atoms with Crippen LogP contribution in [0, 0.1) is 13.8 Å². The summed E-state index contributed by atoms with van der Waals surface area (Å²) in [6.07, 6.45) is 0. The minimum absolute atomic E-state index is 0.126. The zero-order valence-electron chi connectivity index (χ0n) is 11.4. The molecule has 20 heavy (non-hydrogen) atoms. The summed E-state index contributed by atoms with van der Waals surface area (Å²) in [6.45, 7) is 3.56. The molecule has 0 saturated heterocycles. The molecule has 0 radical (unpaired) electrons. The summed E-state index contributed by atoms with van der Waals surface area (Å²) < 4.78 is 27.3. The average Bonchev–Trinajstić information content (AvgIpc) is 2.37. The van der Waals surface area contributed by atoms with Crippen molar-refractivity contribution in [1.29, 1.82) is 0 Å². The number of aryl methyl sites for hydroxylation is 2.